The highest BCUT2D eigenvalue weighted by atomic mass is 32.2. The van der Waals surface area contributed by atoms with E-state index in [0.29, 0.717) is 6.07 Å². The normalized spacial score (nSPS) is 12.7. The first kappa shape index (κ1) is 16.9. The van der Waals surface area contributed by atoms with Crippen LogP contribution < -0.4 is 10.0 Å². The lowest BCUT2D eigenvalue weighted by Crippen LogP contribution is -2.29. The Morgan fingerprint density at radius 2 is 1.90 bits per heavy atom. The van der Waals surface area contributed by atoms with Gasteiger partial charge in [0.2, 0.25) is 10.0 Å². The molecule has 20 heavy (non-hydrogen) atoms. The van der Waals surface area contributed by atoms with Gasteiger partial charge in [-0.25, -0.2) is 17.5 Å². The van der Waals surface area contributed by atoms with Crippen molar-refractivity contribution in [3.05, 3.63) is 35.1 Å². The van der Waals surface area contributed by atoms with Crippen LogP contribution in [0.25, 0.3) is 0 Å². The van der Waals surface area contributed by atoms with Gasteiger partial charge in [0, 0.05) is 13.1 Å². The summed E-state index contributed by atoms with van der Waals surface area (Å²) in [6.07, 6.45) is -4.75. The Balaban J connectivity index is 2.62. The van der Waals surface area contributed by atoms with Crippen LogP contribution in [0.1, 0.15) is 11.1 Å². The summed E-state index contributed by atoms with van der Waals surface area (Å²) in [5.74, 6) is -1.53. The molecule has 0 aliphatic carbocycles. The smallest absolute Gasteiger partial charge is 0.312 e. The molecule has 4 nitrogen and oxygen atoms in total. The van der Waals surface area contributed by atoms with E-state index in [2.05, 4.69) is 10.0 Å². The summed E-state index contributed by atoms with van der Waals surface area (Å²) in [7, 11) is -2.10. The molecular weight excluding hydrogens is 300 g/mol. The zero-order valence-electron chi connectivity index (χ0n) is 10.6. The average Bonchev–Trinajstić information content (AvgIpc) is 2.35. The number of rotatable bonds is 6. The van der Waals surface area contributed by atoms with Gasteiger partial charge in [-0.15, -0.1) is 0 Å². The SMILES string of the molecule is CNS(=O)(=O)CCNCc1ccc(F)c(C(F)(F)F)c1. The third-order valence-corrected chi connectivity index (χ3v) is 3.89. The molecule has 0 fully saturated rings. The fourth-order valence-corrected chi connectivity index (χ4v) is 2.06. The summed E-state index contributed by atoms with van der Waals surface area (Å²) in [6, 6.07) is 2.66. The highest BCUT2D eigenvalue weighted by molar-refractivity contribution is 7.89. The van der Waals surface area contributed by atoms with E-state index in [1.54, 1.807) is 0 Å². The van der Waals surface area contributed by atoms with E-state index in [0.717, 1.165) is 6.07 Å². The predicted molar refractivity (Wildman–Crippen MR) is 66.0 cm³/mol. The molecule has 2 N–H and O–H groups in total. The van der Waals surface area contributed by atoms with E-state index in [4.69, 9.17) is 0 Å². The second kappa shape index (κ2) is 6.51. The highest BCUT2D eigenvalue weighted by Crippen LogP contribution is 2.31. The third kappa shape index (κ3) is 5.06. The largest absolute Gasteiger partial charge is 0.419 e. The molecule has 0 saturated heterocycles. The molecule has 0 atom stereocenters. The number of nitrogens with one attached hydrogen (secondary N) is 2. The van der Waals surface area contributed by atoms with Gasteiger partial charge < -0.3 is 5.32 Å². The second-order valence-electron chi connectivity index (χ2n) is 4.01. The monoisotopic (exact) mass is 314 g/mol. The fourth-order valence-electron chi connectivity index (χ4n) is 1.44. The van der Waals surface area contributed by atoms with Crippen molar-refractivity contribution in [1.29, 1.82) is 0 Å². The van der Waals surface area contributed by atoms with Gasteiger partial charge in [0.05, 0.1) is 11.3 Å². The zero-order chi connectivity index (χ0) is 15.4. The Labute approximate surface area is 114 Å². The van der Waals surface area contributed by atoms with E-state index in [-0.39, 0.29) is 24.4 Å². The maximum Gasteiger partial charge on any atom is 0.419 e. The minimum Gasteiger partial charge on any atom is -0.312 e. The topological polar surface area (TPSA) is 58.2 Å². The van der Waals surface area contributed by atoms with Crippen LogP contribution in [-0.2, 0) is 22.7 Å². The van der Waals surface area contributed by atoms with Crippen molar-refractivity contribution in [3.63, 3.8) is 0 Å². The van der Waals surface area contributed by atoms with Crippen LogP contribution in [0.5, 0.6) is 0 Å². The van der Waals surface area contributed by atoms with E-state index in [1.165, 1.54) is 13.1 Å². The van der Waals surface area contributed by atoms with Crippen LogP contribution in [-0.4, -0.2) is 27.8 Å². The minimum absolute atomic E-state index is 0.0165. The molecule has 0 amide bonds. The van der Waals surface area contributed by atoms with Crippen molar-refractivity contribution >= 4 is 10.0 Å². The molecule has 0 spiro atoms. The van der Waals surface area contributed by atoms with Gasteiger partial charge in [0.25, 0.3) is 0 Å². The van der Waals surface area contributed by atoms with Gasteiger partial charge in [-0.2, -0.15) is 13.2 Å². The third-order valence-electron chi connectivity index (χ3n) is 2.52. The molecule has 1 aromatic carbocycles. The van der Waals surface area contributed by atoms with Crippen molar-refractivity contribution < 1.29 is 26.0 Å². The lowest BCUT2D eigenvalue weighted by molar-refractivity contribution is -0.140. The van der Waals surface area contributed by atoms with E-state index in [9.17, 15) is 26.0 Å². The molecule has 0 unspecified atom stereocenters. The molecule has 0 aliphatic rings. The van der Waals surface area contributed by atoms with Crippen molar-refractivity contribution in [2.24, 2.45) is 0 Å². The fraction of sp³-hybridized carbons (Fsp3) is 0.455. The van der Waals surface area contributed by atoms with Crippen LogP contribution in [0.4, 0.5) is 17.6 Å². The number of halogens is 4. The minimum atomic E-state index is -4.75. The van der Waals surface area contributed by atoms with Gasteiger partial charge in [0.1, 0.15) is 5.82 Å². The van der Waals surface area contributed by atoms with Gasteiger partial charge >= 0.3 is 6.18 Å². The predicted octanol–water partition coefficient (Wildman–Crippen LogP) is 1.48. The average molecular weight is 314 g/mol. The van der Waals surface area contributed by atoms with E-state index < -0.39 is 27.6 Å². The second-order valence-corrected chi connectivity index (χ2v) is 6.06. The molecule has 0 aliphatic heterocycles. The van der Waals surface area contributed by atoms with Crippen molar-refractivity contribution in [2.45, 2.75) is 12.7 Å². The molecule has 0 bridgehead atoms. The molecule has 114 valence electrons. The molecule has 0 radical (unpaired) electrons. The van der Waals surface area contributed by atoms with Gasteiger partial charge in [-0.05, 0) is 24.7 Å². The lowest BCUT2D eigenvalue weighted by atomic mass is 10.1. The maximum absolute atomic E-state index is 13.0. The molecule has 9 heteroatoms. The van der Waals surface area contributed by atoms with Crippen LogP contribution in [0, 0.1) is 5.82 Å². The number of hydrogen-bond donors (Lipinski definition) is 2. The van der Waals surface area contributed by atoms with Gasteiger partial charge in [0.15, 0.2) is 0 Å². The Bertz CT molecular complexity index is 558. The van der Waals surface area contributed by atoms with Crippen molar-refractivity contribution in [3.8, 4) is 0 Å². The standard InChI is InChI=1S/C11H14F4N2O2S/c1-16-20(18,19)5-4-17-7-8-2-3-10(12)9(6-8)11(13,14)15/h2-3,6,16-17H,4-5,7H2,1H3. The maximum atomic E-state index is 13.0. The number of sulfonamides is 1. The summed E-state index contributed by atoms with van der Waals surface area (Å²) in [4.78, 5) is 0. The summed E-state index contributed by atoms with van der Waals surface area (Å²) < 4.78 is 74.7. The first-order chi connectivity index (χ1) is 9.15. The number of benzene rings is 1. The Morgan fingerprint density at radius 1 is 1.25 bits per heavy atom. The van der Waals surface area contributed by atoms with Gasteiger partial charge in [-0.1, -0.05) is 6.07 Å². The Kier molecular flexibility index (Phi) is 5.49. The highest BCUT2D eigenvalue weighted by Gasteiger charge is 2.34. The molecular formula is C11H14F4N2O2S. The van der Waals surface area contributed by atoms with Crippen LogP contribution in [0.15, 0.2) is 18.2 Å². The Morgan fingerprint density at radius 3 is 2.45 bits per heavy atom. The molecule has 1 aromatic rings. The van der Waals surface area contributed by atoms with Gasteiger partial charge in [-0.3, -0.25) is 0 Å². The molecule has 0 heterocycles. The molecule has 1 rings (SSSR count). The van der Waals surface area contributed by atoms with Crippen molar-refractivity contribution in [1.82, 2.24) is 10.0 Å². The zero-order valence-corrected chi connectivity index (χ0v) is 11.4. The lowest BCUT2D eigenvalue weighted by Gasteiger charge is -2.10. The summed E-state index contributed by atoms with van der Waals surface area (Å²) >= 11 is 0. The first-order valence-corrected chi connectivity index (χ1v) is 7.28. The quantitative estimate of drug-likeness (QED) is 0.618. The number of hydrogen-bond acceptors (Lipinski definition) is 3. The van der Waals surface area contributed by atoms with Crippen LogP contribution in [0.3, 0.4) is 0 Å². The first-order valence-electron chi connectivity index (χ1n) is 5.63. The van der Waals surface area contributed by atoms with E-state index in [1.807, 2.05) is 0 Å². The number of alkyl halides is 3. The Hall–Kier alpha value is -1.19. The van der Waals surface area contributed by atoms with Crippen molar-refractivity contribution in [2.75, 3.05) is 19.3 Å². The summed E-state index contributed by atoms with van der Waals surface area (Å²) in [5, 5.41) is 2.68. The molecule has 0 saturated carbocycles. The molecule has 0 aromatic heterocycles. The summed E-state index contributed by atoms with van der Waals surface area (Å²) in [6.45, 7) is 0.0878. The summed E-state index contributed by atoms with van der Waals surface area (Å²) in [5.41, 5.74) is -1.11. The van der Waals surface area contributed by atoms with Crippen LogP contribution in [0.2, 0.25) is 0 Å². The van der Waals surface area contributed by atoms with Crippen LogP contribution >= 0.6 is 0 Å². The van der Waals surface area contributed by atoms with E-state index >= 15 is 0 Å².